The summed E-state index contributed by atoms with van der Waals surface area (Å²) in [6.07, 6.45) is 3.79. The highest BCUT2D eigenvalue weighted by molar-refractivity contribution is 5.94. The number of oxazole rings is 1. The van der Waals surface area contributed by atoms with E-state index in [1.54, 1.807) is 21.7 Å². The van der Waals surface area contributed by atoms with Crippen LogP contribution in [0.3, 0.4) is 0 Å². The first-order valence-electron chi connectivity index (χ1n) is 11.6. The zero-order chi connectivity index (χ0) is 24.8. The molecule has 36 heavy (non-hydrogen) atoms. The maximum atomic E-state index is 13.9. The van der Waals surface area contributed by atoms with Crippen LogP contribution in [0, 0.1) is 23.0 Å². The molecule has 1 saturated heterocycles. The Kier molecular flexibility index (Phi) is 5.29. The molecule has 0 saturated carbocycles. The van der Waals surface area contributed by atoms with E-state index < -0.39 is 11.6 Å². The molecule has 0 bridgehead atoms. The van der Waals surface area contributed by atoms with E-state index in [2.05, 4.69) is 16.2 Å². The van der Waals surface area contributed by atoms with Crippen molar-refractivity contribution in [2.75, 3.05) is 31.1 Å². The molecular weight excluding hydrogens is 470 g/mol. The van der Waals surface area contributed by atoms with Gasteiger partial charge in [0.15, 0.2) is 23.1 Å². The molecule has 6 rings (SSSR count). The van der Waals surface area contributed by atoms with Crippen molar-refractivity contribution in [3.8, 4) is 23.4 Å². The molecule has 1 fully saturated rings. The number of carbonyl (C=O) groups excluding carboxylic acids is 1. The quantitative estimate of drug-likeness (QED) is 0.429. The highest BCUT2D eigenvalue weighted by atomic mass is 19.2. The fourth-order valence-corrected chi connectivity index (χ4v) is 4.81. The van der Waals surface area contributed by atoms with Gasteiger partial charge in [0.1, 0.15) is 6.07 Å². The van der Waals surface area contributed by atoms with Crippen LogP contribution in [0.4, 0.5) is 14.7 Å². The third-order valence-electron chi connectivity index (χ3n) is 6.58. The number of nitrogens with zero attached hydrogens (tertiary/aromatic N) is 6. The summed E-state index contributed by atoms with van der Waals surface area (Å²) in [5.41, 5.74) is 2.60. The Morgan fingerprint density at radius 1 is 1.08 bits per heavy atom. The number of furan rings is 1. The molecule has 182 valence electrons. The van der Waals surface area contributed by atoms with Crippen molar-refractivity contribution in [3.05, 3.63) is 70.9 Å². The number of hydrogen-bond donors (Lipinski definition) is 0. The number of nitriles is 1. The Morgan fingerprint density at radius 2 is 1.92 bits per heavy atom. The Morgan fingerprint density at radius 3 is 2.64 bits per heavy atom. The van der Waals surface area contributed by atoms with Crippen LogP contribution in [0.5, 0.6) is 0 Å². The number of anilines is 1. The van der Waals surface area contributed by atoms with Gasteiger partial charge in [0, 0.05) is 43.5 Å². The molecule has 11 heteroatoms. The van der Waals surface area contributed by atoms with Gasteiger partial charge in [0.2, 0.25) is 11.6 Å². The van der Waals surface area contributed by atoms with Crippen LogP contribution >= 0.6 is 0 Å². The first-order valence-corrected chi connectivity index (χ1v) is 11.6. The van der Waals surface area contributed by atoms with Crippen LogP contribution in [0.2, 0.25) is 0 Å². The summed E-state index contributed by atoms with van der Waals surface area (Å²) >= 11 is 0. The number of halogens is 2. The van der Waals surface area contributed by atoms with Gasteiger partial charge in [-0.1, -0.05) is 0 Å². The molecule has 2 aliphatic rings. The van der Waals surface area contributed by atoms with Crippen LogP contribution < -0.4 is 4.90 Å². The maximum Gasteiger partial charge on any atom is 0.274 e. The predicted octanol–water partition coefficient (Wildman–Crippen LogP) is 3.72. The Hall–Kier alpha value is -4.46. The lowest BCUT2D eigenvalue weighted by Gasteiger charge is -2.34. The fourth-order valence-electron chi connectivity index (χ4n) is 4.81. The Bertz CT molecular complexity index is 1490. The van der Waals surface area contributed by atoms with Crippen molar-refractivity contribution < 1.29 is 22.4 Å². The minimum Gasteiger partial charge on any atom is -0.459 e. The van der Waals surface area contributed by atoms with Gasteiger partial charge in [-0.3, -0.25) is 4.79 Å². The molecule has 1 aliphatic heterocycles. The first kappa shape index (κ1) is 22.0. The van der Waals surface area contributed by atoms with Crippen LogP contribution in [0.25, 0.3) is 17.3 Å². The number of rotatable bonds is 4. The molecule has 3 aromatic heterocycles. The van der Waals surface area contributed by atoms with E-state index in [0.717, 1.165) is 29.8 Å². The SMILES string of the molecule is N#Cc1nc(-c2ccco2)oc1N1CCN(C(=O)c2nn(-c3ccc(F)c(F)c3)c3c2CCC3)CC1. The molecule has 0 atom stereocenters. The summed E-state index contributed by atoms with van der Waals surface area (Å²) in [4.78, 5) is 21.3. The molecule has 0 radical (unpaired) electrons. The second kappa shape index (κ2) is 8.64. The average Bonchev–Trinajstić information content (AvgIpc) is 3.69. The minimum atomic E-state index is -0.960. The van der Waals surface area contributed by atoms with E-state index in [0.29, 0.717) is 62.0 Å². The molecule has 1 aromatic carbocycles. The minimum absolute atomic E-state index is 0.157. The Balaban J connectivity index is 1.22. The maximum absolute atomic E-state index is 13.9. The summed E-state index contributed by atoms with van der Waals surface area (Å²) in [6.45, 7) is 1.68. The molecule has 1 aliphatic carbocycles. The third kappa shape index (κ3) is 3.62. The topological polar surface area (TPSA) is 104 Å². The van der Waals surface area contributed by atoms with Crippen molar-refractivity contribution in [2.45, 2.75) is 19.3 Å². The second-order valence-electron chi connectivity index (χ2n) is 8.68. The van der Waals surface area contributed by atoms with Gasteiger partial charge in [0.05, 0.1) is 12.0 Å². The molecule has 4 aromatic rings. The van der Waals surface area contributed by atoms with Gasteiger partial charge in [-0.15, -0.1) is 0 Å². The van der Waals surface area contributed by atoms with Gasteiger partial charge in [-0.25, -0.2) is 13.5 Å². The molecular formula is C25H20F2N6O3. The second-order valence-corrected chi connectivity index (χ2v) is 8.68. The van der Waals surface area contributed by atoms with Gasteiger partial charge in [-0.05, 0) is 43.5 Å². The van der Waals surface area contributed by atoms with Crippen molar-refractivity contribution in [2.24, 2.45) is 0 Å². The lowest BCUT2D eigenvalue weighted by molar-refractivity contribution is 0.0738. The van der Waals surface area contributed by atoms with Crippen molar-refractivity contribution in [3.63, 3.8) is 0 Å². The summed E-state index contributed by atoms with van der Waals surface area (Å²) in [7, 11) is 0. The molecule has 0 spiro atoms. The first-order chi connectivity index (χ1) is 17.5. The van der Waals surface area contributed by atoms with E-state index in [1.165, 1.54) is 12.3 Å². The van der Waals surface area contributed by atoms with Crippen LogP contribution in [0.15, 0.2) is 45.4 Å². The summed E-state index contributed by atoms with van der Waals surface area (Å²) in [5, 5.41) is 14.0. The number of piperazine rings is 1. The van der Waals surface area contributed by atoms with Crippen LogP contribution in [-0.2, 0) is 12.8 Å². The number of hydrogen-bond acceptors (Lipinski definition) is 7. The van der Waals surface area contributed by atoms with E-state index in [4.69, 9.17) is 8.83 Å². The predicted molar refractivity (Wildman–Crippen MR) is 123 cm³/mol. The van der Waals surface area contributed by atoms with E-state index >= 15 is 0 Å². The number of amides is 1. The fraction of sp³-hybridized carbons (Fsp3) is 0.280. The normalized spacial score (nSPS) is 15.2. The Labute approximate surface area is 204 Å². The van der Waals surface area contributed by atoms with Gasteiger partial charge in [-0.2, -0.15) is 15.3 Å². The summed E-state index contributed by atoms with van der Waals surface area (Å²) in [6, 6.07) is 9.07. The van der Waals surface area contributed by atoms with Crippen molar-refractivity contribution in [1.82, 2.24) is 19.7 Å². The summed E-state index contributed by atoms with van der Waals surface area (Å²) < 4.78 is 40.0. The van der Waals surface area contributed by atoms with Gasteiger partial charge < -0.3 is 18.6 Å². The molecule has 4 heterocycles. The third-order valence-corrected chi connectivity index (χ3v) is 6.58. The monoisotopic (exact) mass is 490 g/mol. The standard InChI is InChI=1S/C25H20F2N6O3/c26-17-7-6-15(13-18(17)27)33-20-4-1-3-16(20)22(30-33)24(34)31-8-10-32(11-9-31)25-19(14-28)29-23(36-25)21-5-2-12-35-21/h2,5-7,12-13H,1,3-4,8-11H2. The lowest BCUT2D eigenvalue weighted by Crippen LogP contribution is -2.49. The zero-order valence-electron chi connectivity index (χ0n) is 19.1. The van der Waals surface area contributed by atoms with Gasteiger partial charge >= 0.3 is 0 Å². The number of carbonyl (C=O) groups is 1. The summed E-state index contributed by atoms with van der Waals surface area (Å²) in [5.74, 6) is -1.10. The van der Waals surface area contributed by atoms with Crippen LogP contribution in [0.1, 0.15) is 33.9 Å². The molecule has 0 unspecified atom stereocenters. The molecule has 9 nitrogen and oxygen atoms in total. The van der Waals surface area contributed by atoms with E-state index in [-0.39, 0.29) is 17.5 Å². The van der Waals surface area contributed by atoms with Gasteiger partial charge in [0.25, 0.3) is 11.8 Å². The zero-order valence-corrected chi connectivity index (χ0v) is 19.1. The lowest BCUT2D eigenvalue weighted by atomic mass is 10.1. The van der Waals surface area contributed by atoms with E-state index in [1.807, 2.05) is 4.90 Å². The van der Waals surface area contributed by atoms with E-state index in [9.17, 15) is 18.8 Å². The highest BCUT2D eigenvalue weighted by Crippen LogP contribution is 2.31. The van der Waals surface area contributed by atoms with Crippen LogP contribution in [-0.4, -0.2) is 51.8 Å². The smallest absolute Gasteiger partial charge is 0.274 e. The molecule has 1 amide bonds. The molecule has 0 N–H and O–H groups in total. The highest BCUT2D eigenvalue weighted by Gasteiger charge is 2.32. The van der Waals surface area contributed by atoms with Crippen molar-refractivity contribution in [1.29, 1.82) is 5.26 Å². The average molecular weight is 490 g/mol. The largest absolute Gasteiger partial charge is 0.459 e. The van der Waals surface area contributed by atoms with Crippen molar-refractivity contribution >= 4 is 11.8 Å². The number of benzene rings is 1. The number of aromatic nitrogens is 3. The number of fused-ring (bicyclic) bond motifs is 1.